The van der Waals surface area contributed by atoms with E-state index in [0.717, 1.165) is 11.3 Å². The molecule has 2 rings (SSSR count). The Morgan fingerprint density at radius 1 is 1.19 bits per heavy atom. The fourth-order valence-corrected chi connectivity index (χ4v) is 1.95. The first kappa shape index (κ1) is 14.8. The molecule has 0 radical (unpaired) electrons. The van der Waals surface area contributed by atoms with Gasteiger partial charge in [-0.2, -0.15) is 0 Å². The standard InChI is InChI=1S/C16H18N2O3/c1-3-14(18-19)13-8-4-5-9-15(13)21-11-12-7-6-10-16(17-12)20-2/h4-10,19H,3,11H2,1-2H3. The van der Waals surface area contributed by atoms with Crippen LogP contribution in [0.15, 0.2) is 47.6 Å². The second-order valence-electron chi connectivity index (χ2n) is 4.36. The number of methoxy groups -OCH3 is 1. The van der Waals surface area contributed by atoms with Crippen LogP contribution in [0.5, 0.6) is 11.6 Å². The van der Waals surface area contributed by atoms with Crippen LogP contribution in [-0.2, 0) is 6.61 Å². The molecular weight excluding hydrogens is 268 g/mol. The van der Waals surface area contributed by atoms with Crippen molar-refractivity contribution in [2.24, 2.45) is 5.16 Å². The Morgan fingerprint density at radius 2 is 2.00 bits per heavy atom. The van der Waals surface area contributed by atoms with Crippen molar-refractivity contribution in [2.75, 3.05) is 7.11 Å². The molecule has 0 saturated heterocycles. The number of oxime groups is 1. The van der Waals surface area contributed by atoms with Crippen LogP contribution in [0.4, 0.5) is 0 Å². The summed E-state index contributed by atoms with van der Waals surface area (Å²) in [4.78, 5) is 4.29. The van der Waals surface area contributed by atoms with Crippen molar-refractivity contribution in [3.63, 3.8) is 0 Å². The summed E-state index contributed by atoms with van der Waals surface area (Å²) in [5.74, 6) is 1.22. The Morgan fingerprint density at radius 3 is 2.71 bits per heavy atom. The third kappa shape index (κ3) is 3.72. The predicted molar refractivity (Wildman–Crippen MR) is 80.2 cm³/mol. The van der Waals surface area contributed by atoms with E-state index in [1.165, 1.54) is 0 Å². The van der Waals surface area contributed by atoms with Crippen LogP contribution in [0.2, 0.25) is 0 Å². The fourth-order valence-electron chi connectivity index (χ4n) is 1.95. The molecule has 0 aliphatic rings. The van der Waals surface area contributed by atoms with E-state index in [-0.39, 0.29) is 0 Å². The number of para-hydroxylation sites is 1. The molecule has 0 aliphatic heterocycles. The van der Waals surface area contributed by atoms with Gasteiger partial charge in [0.05, 0.1) is 18.5 Å². The van der Waals surface area contributed by atoms with E-state index in [9.17, 15) is 0 Å². The molecule has 1 aromatic heterocycles. The van der Waals surface area contributed by atoms with Crippen LogP contribution in [0.25, 0.3) is 0 Å². The van der Waals surface area contributed by atoms with Gasteiger partial charge in [-0.05, 0) is 24.6 Å². The Balaban J connectivity index is 2.16. The molecule has 0 bridgehead atoms. The lowest BCUT2D eigenvalue weighted by atomic mass is 10.1. The van der Waals surface area contributed by atoms with E-state index < -0.39 is 0 Å². The summed E-state index contributed by atoms with van der Waals surface area (Å²) in [5, 5.41) is 12.4. The first-order valence-corrected chi connectivity index (χ1v) is 6.71. The highest BCUT2D eigenvalue weighted by Gasteiger charge is 2.09. The molecule has 5 heteroatoms. The van der Waals surface area contributed by atoms with Crippen molar-refractivity contribution >= 4 is 5.71 Å². The largest absolute Gasteiger partial charge is 0.487 e. The quantitative estimate of drug-likeness (QED) is 0.503. The lowest BCUT2D eigenvalue weighted by molar-refractivity contribution is 0.296. The molecule has 1 aromatic carbocycles. The van der Waals surface area contributed by atoms with Gasteiger partial charge in [-0.1, -0.05) is 30.3 Å². The first-order valence-electron chi connectivity index (χ1n) is 6.71. The Hall–Kier alpha value is -2.56. The number of hydrogen-bond acceptors (Lipinski definition) is 5. The topological polar surface area (TPSA) is 63.9 Å². The van der Waals surface area contributed by atoms with E-state index in [0.29, 0.717) is 30.4 Å². The highest BCUT2D eigenvalue weighted by atomic mass is 16.5. The predicted octanol–water partition coefficient (Wildman–Crippen LogP) is 3.26. The van der Waals surface area contributed by atoms with Crippen LogP contribution < -0.4 is 9.47 Å². The highest BCUT2D eigenvalue weighted by molar-refractivity contribution is 6.02. The molecule has 2 aromatic rings. The second kappa shape index (κ2) is 7.28. The average molecular weight is 286 g/mol. The summed E-state index contributed by atoms with van der Waals surface area (Å²) >= 11 is 0. The van der Waals surface area contributed by atoms with E-state index in [1.54, 1.807) is 13.2 Å². The summed E-state index contributed by atoms with van der Waals surface area (Å²) in [6, 6.07) is 13.0. The van der Waals surface area contributed by atoms with Gasteiger partial charge in [-0.3, -0.25) is 0 Å². The Labute approximate surface area is 123 Å². The van der Waals surface area contributed by atoms with Crippen LogP contribution in [-0.4, -0.2) is 23.0 Å². The Kier molecular flexibility index (Phi) is 5.15. The molecule has 0 spiro atoms. The van der Waals surface area contributed by atoms with Crippen molar-refractivity contribution in [3.05, 3.63) is 53.7 Å². The molecule has 5 nitrogen and oxygen atoms in total. The molecule has 0 fully saturated rings. The van der Waals surface area contributed by atoms with E-state index in [1.807, 2.05) is 43.3 Å². The maximum Gasteiger partial charge on any atom is 0.213 e. The minimum Gasteiger partial charge on any atom is -0.487 e. The fraction of sp³-hybridized carbons (Fsp3) is 0.250. The number of pyridine rings is 1. The molecular formula is C16H18N2O3. The Bertz CT molecular complexity index is 626. The SMILES string of the molecule is CCC(=NO)c1ccccc1OCc1cccc(OC)n1. The van der Waals surface area contributed by atoms with Gasteiger partial charge in [-0.15, -0.1) is 0 Å². The number of rotatable bonds is 6. The molecule has 110 valence electrons. The highest BCUT2D eigenvalue weighted by Crippen LogP contribution is 2.21. The molecule has 1 N–H and O–H groups in total. The van der Waals surface area contributed by atoms with Gasteiger partial charge in [0.1, 0.15) is 12.4 Å². The molecule has 1 heterocycles. The molecule has 0 atom stereocenters. The molecule has 0 amide bonds. The van der Waals surface area contributed by atoms with Crippen molar-refractivity contribution in [2.45, 2.75) is 20.0 Å². The summed E-state index contributed by atoms with van der Waals surface area (Å²) in [7, 11) is 1.58. The number of aromatic nitrogens is 1. The number of benzene rings is 1. The van der Waals surface area contributed by atoms with Crippen LogP contribution in [0.1, 0.15) is 24.6 Å². The molecule has 0 unspecified atom stereocenters. The maximum absolute atomic E-state index is 9.06. The summed E-state index contributed by atoms with van der Waals surface area (Å²) in [6.45, 7) is 2.24. The zero-order valence-corrected chi connectivity index (χ0v) is 12.1. The first-order chi connectivity index (χ1) is 10.3. The van der Waals surface area contributed by atoms with Crippen molar-refractivity contribution in [1.82, 2.24) is 4.98 Å². The van der Waals surface area contributed by atoms with Gasteiger partial charge in [0.25, 0.3) is 0 Å². The zero-order chi connectivity index (χ0) is 15.1. The summed E-state index contributed by atoms with van der Waals surface area (Å²) < 4.78 is 10.9. The number of ether oxygens (including phenoxy) is 2. The molecule has 21 heavy (non-hydrogen) atoms. The second-order valence-corrected chi connectivity index (χ2v) is 4.36. The summed E-state index contributed by atoms with van der Waals surface area (Å²) in [5.41, 5.74) is 2.14. The maximum atomic E-state index is 9.06. The monoisotopic (exact) mass is 286 g/mol. The van der Waals surface area contributed by atoms with Crippen molar-refractivity contribution < 1.29 is 14.7 Å². The molecule has 0 aliphatic carbocycles. The van der Waals surface area contributed by atoms with Gasteiger partial charge in [0.2, 0.25) is 5.88 Å². The normalized spacial score (nSPS) is 11.2. The molecule has 0 saturated carbocycles. The third-order valence-electron chi connectivity index (χ3n) is 3.02. The van der Waals surface area contributed by atoms with Gasteiger partial charge in [-0.25, -0.2) is 4.98 Å². The van der Waals surface area contributed by atoms with Gasteiger partial charge >= 0.3 is 0 Å². The van der Waals surface area contributed by atoms with Gasteiger partial charge in [0, 0.05) is 11.6 Å². The lowest BCUT2D eigenvalue weighted by Crippen LogP contribution is -2.05. The lowest BCUT2D eigenvalue weighted by Gasteiger charge is -2.11. The van der Waals surface area contributed by atoms with Crippen LogP contribution >= 0.6 is 0 Å². The van der Waals surface area contributed by atoms with Gasteiger partial charge in [0.15, 0.2) is 0 Å². The smallest absolute Gasteiger partial charge is 0.213 e. The van der Waals surface area contributed by atoms with Gasteiger partial charge < -0.3 is 14.7 Å². The van der Waals surface area contributed by atoms with Crippen LogP contribution in [0, 0.1) is 0 Å². The van der Waals surface area contributed by atoms with E-state index in [4.69, 9.17) is 14.7 Å². The minimum absolute atomic E-state index is 0.316. The average Bonchev–Trinajstić information content (AvgIpc) is 2.55. The summed E-state index contributed by atoms with van der Waals surface area (Å²) in [6.07, 6.45) is 0.619. The minimum atomic E-state index is 0.316. The number of hydrogen-bond donors (Lipinski definition) is 1. The van der Waals surface area contributed by atoms with Crippen LogP contribution in [0.3, 0.4) is 0 Å². The third-order valence-corrected chi connectivity index (χ3v) is 3.02. The van der Waals surface area contributed by atoms with Crippen molar-refractivity contribution in [3.8, 4) is 11.6 Å². The zero-order valence-electron chi connectivity index (χ0n) is 12.1. The number of nitrogens with zero attached hydrogens (tertiary/aromatic N) is 2. The van der Waals surface area contributed by atoms with E-state index >= 15 is 0 Å². The van der Waals surface area contributed by atoms with Crippen molar-refractivity contribution in [1.29, 1.82) is 0 Å². The van der Waals surface area contributed by atoms with E-state index in [2.05, 4.69) is 10.1 Å².